The number of likely N-dealkylation sites (tertiary alicyclic amines) is 2. The Morgan fingerprint density at radius 2 is 2.10 bits per heavy atom. The van der Waals surface area contributed by atoms with E-state index >= 15 is 0 Å². The van der Waals surface area contributed by atoms with Gasteiger partial charge in [0.05, 0.1) is 13.2 Å². The Labute approximate surface area is 125 Å². The molecule has 2 aliphatic heterocycles. The highest BCUT2D eigenvalue weighted by molar-refractivity contribution is 5.87. The second-order valence-corrected chi connectivity index (χ2v) is 6.13. The molecule has 1 N–H and O–H groups in total. The maximum absolute atomic E-state index is 12.9. The lowest BCUT2D eigenvalue weighted by Gasteiger charge is -2.44. The van der Waals surface area contributed by atoms with Crippen LogP contribution in [0.3, 0.4) is 0 Å². The van der Waals surface area contributed by atoms with Crippen LogP contribution in [0.1, 0.15) is 31.5 Å². The maximum atomic E-state index is 12.9. The molecule has 0 radical (unpaired) electrons. The van der Waals surface area contributed by atoms with E-state index in [1.54, 1.807) is 6.20 Å². The smallest absolute Gasteiger partial charge is 0.243 e. The molecule has 116 valence electrons. The third-order valence-corrected chi connectivity index (χ3v) is 4.95. The SMILES string of the molecule is Cn1ccnc1CN1CCCC12CCCN(CCO)C2=O. The number of rotatable bonds is 4. The van der Waals surface area contributed by atoms with Gasteiger partial charge in [0.25, 0.3) is 0 Å². The maximum Gasteiger partial charge on any atom is 0.243 e. The molecule has 1 atom stereocenters. The highest BCUT2D eigenvalue weighted by Gasteiger charge is 2.50. The van der Waals surface area contributed by atoms with Crippen LogP contribution in [0.5, 0.6) is 0 Å². The number of piperidine rings is 1. The molecule has 1 amide bonds. The zero-order valence-corrected chi connectivity index (χ0v) is 12.7. The van der Waals surface area contributed by atoms with Gasteiger partial charge >= 0.3 is 0 Å². The lowest BCUT2D eigenvalue weighted by Crippen LogP contribution is -2.60. The van der Waals surface area contributed by atoms with Crippen LogP contribution in [-0.2, 0) is 18.4 Å². The molecule has 6 nitrogen and oxygen atoms in total. The van der Waals surface area contributed by atoms with E-state index < -0.39 is 0 Å². The molecule has 0 saturated carbocycles. The van der Waals surface area contributed by atoms with Gasteiger partial charge < -0.3 is 14.6 Å². The van der Waals surface area contributed by atoms with Crippen molar-refractivity contribution in [1.29, 1.82) is 0 Å². The number of aliphatic hydroxyl groups excluding tert-OH is 1. The van der Waals surface area contributed by atoms with E-state index in [0.29, 0.717) is 6.54 Å². The van der Waals surface area contributed by atoms with Crippen LogP contribution in [0, 0.1) is 0 Å². The van der Waals surface area contributed by atoms with Crippen molar-refractivity contribution in [3.63, 3.8) is 0 Å². The molecule has 0 bridgehead atoms. The third kappa shape index (κ3) is 2.46. The largest absolute Gasteiger partial charge is 0.395 e. The van der Waals surface area contributed by atoms with Gasteiger partial charge in [-0.25, -0.2) is 4.98 Å². The molecular weight excluding hydrogens is 268 g/mol. The lowest BCUT2D eigenvalue weighted by atomic mass is 9.85. The molecule has 1 unspecified atom stereocenters. The Balaban J connectivity index is 1.81. The van der Waals surface area contributed by atoms with E-state index in [1.165, 1.54) is 0 Å². The van der Waals surface area contributed by atoms with E-state index in [9.17, 15) is 4.79 Å². The van der Waals surface area contributed by atoms with Crippen LogP contribution in [-0.4, -0.2) is 62.1 Å². The molecule has 2 fully saturated rings. The van der Waals surface area contributed by atoms with Gasteiger partial charge in [-0.15, -0.1) is 0 Å². The second kappa shape index (κ2) is 5.77. The van der Waals surface area contributed by atoms with Gasteiger partial charge in [0.15, 0.2) is 0 Å². The first-order valence-corrected chi connectivity index (χ1v) is 7.79. The van der Waals surface area contributed by atoms with Crippen LogP contribution in [0.25, 0.3) is 0 Å². The number of hydrogen-bond acceptors (Lipinski definition) is 4. The van der Waals surface area contributed by atoms with E-state index in [0.717, 1.165) is 51.1 Å². The molecule has 1 aromatic heterocycles. The minimum atomic E-state index is -0.362. The molecule has 1 aromatic rings. The third-order valence-electron chi connectivity index (χ3n) is 4.95. The average molecular weight is 292 g/mol. The molecule has 0 aliphatic carbocycles. The fourth-order valence-electron chi connectivity index (χ4n) is 3.81. The summed E-state index contributed by atoms with van der Waals surface area (Å²) in [5, 5.41) is 9.16. The molecule has 3 rings (SSSR count). The van der Waals surface area contributed by atoms with Gasteiger partial charge in [-0.05, 0) is 32.2 Å². The van der Waals surface area contributed by atoms with E-state index in [-0.39, 0.29) is 18.1 Å². The van der Waals surface area contributed by atoms with Gasteiger partial charge in [-0.3, -0.25) is 9.69 Å². The Bertz CT molecular complexity index is 514. The van der Waals surface area contributed by atoms with E-state index in [2.05, 4.69) is 9.88 Å². The monoisotopic (exact) mass is 292 g/mol. The number of nitrogens with zero attached hydrogens (tertiary/aromatic N) is 4. The number of aliphatic hydroxyl groups is 1. The Kier molecular flexibility index (Phi) is 3.99. The first-order chi connectivity index (χ1) is 10.2. The standard InChI is InChI=1S/C15H24N4O2/c1-17-9-6-16-13(17)12-19-8-3-5-15(19)4-2-7-18(10-11-20)14(15)21/h6,9,20H,2-5,7-8,10-12H2,1H3. The highest BCUT2D eigenvalue weighted by atomic mass is 16.3. The molecular formula is C15H24N4O2. The topological polar surface area (TPSA) is 61.6 Å². The number of hydrogen-bond donors (Lipinski definition) is 1. The number of carbonyl (C=O) groups is 1. The zero-order valence-electron chi connectivity index (χ0n) is 12.7. The van der Waals surface area contributed by atoms with Crippen LogP contribution >= 0.6 is 0 Å². The Morgan fingerprint density at radius 3 is 2.76 bits per heavy atom. The fourth-order valence-corrected chi connectivity index (χ4v) is 3.81. The van der Waals surface area contributed by atoms with Crippen LogP contribution < -0.4 is 0 Å². The van der Waals surface area contributed by atoms with E-state index in [4.69, 9.17) is 5.11 Å². The second-order valence-electron chi connectivity index (χ2n) is 6.13. The molecule has 1 spiro atoms. The van der Waals surface area contributed by atoms with Crippen molar-refractivity contribution in [2.24, 2.45) is 7.05 Å². The number of aromatic nitrogens is 2. The minimum Gasteiger partial charge on any atom is -0.395 e. The molecule has 2 saturated heterocycles. The summed E-state index contributed by atoms with van der Waals surface area (Å²) in [5.74, 6) is 1.21. The number of aryl methyl sites for hydroxylation is 1. The summed E-state index contributed by atoms with van der Waals surface area (Å²) in [6, 6.07) is 0. The number of β-amino-alcohol motifs (C(OH)–C–C–N with tert-alkyl or cyclic N) is 1. The molecule has 2 aliphatic rings. The summed E-state index contributed by atoms with van der Waals surface area (Å²) in [6.07, 6.45) is 7.68. The number of imidazole rings is 1. The van der Waals surface area contributed by atoms with Gasteiger partial charge in [-0.2, -0.15) is 0 Å². The van der Waals surface area contributed by atoms with Crippen molar-refractivity contribution in [2.75, 3.05) is 26.2 Å². The molecule has 0 aromatic carbocycles. The average Bonchev–Trinajstić information content (AvgIpc) is 3.05. The predicted molar refractivity (Wildman–Crippen MR) is 78.5 cm³/mol. The van der Waals surface area contributed by atoms with Crippen LogP contribution in [0.15, 0.2) is 12.4 Å². The Morgan fingerprint density at radius 1 is 1.33 bits per heavy atom. The van der Waals surface area contributed by atoms with Crippen molar-refractivity contribution >= 4 is 5.91 Å². The number of carbonyl (C=O) groups excluding carboxylic acids is 1. The minimum absolute atomic E-state index is 0.0428. The summed E-state index contributed by atoms with van der Waals surface area (Å²) >= 11 is 0. The summed E-state index contributed by atoms with van der Waals surface area (Å²) in [7, 11) is 1.99. The van der Waals surface area contributed by atoms with Gasteiger partial charge in [-0.1, -0.05) is 0 Å². The molecule has 3 heterocycles. The van der Waals surface area contributed by atoms with Gasteiger partial charge in [0, 0.05) is 32.5 Å². The van der Waals surface area contributed by atoms with Crippen LogP contribution in [0.2, 0.25) is 0 Å². The molecule has 21 heavy (non-hydrogen) atoms. The highest BCUT2D eigenvalue weighted by Crippen LogP contribution is 2.38. The normalized spacial score (nSPS) is 27.0. The van der Waals surface area contributed by atoms with Crippen LogP contribution in [0.4, 0.5) is 0 Å². The summed E-state index contributed by atoms with van der Waals surface area (Å²) in [6.45, 7) is 2.95. The van der Waals surface area contributed by atoms with Crippen molar-refractivity contribution in [3.05, 3.63) is 18.2 Å². The fraction of sp³-hybridized carbons (Fsp3) is 0.733. The van der Waals surface area contributed by atoms with E-state index in [1.807, 2.05) is 22.7 Å². The Hall–Kier alpha value is -1.40. The van der Waals surface area contributed by atoms with Crippen molar-refractivity contribution in [2.45, 2.75) is 37.8 Å². The predicted octanol–water partition coefficient (Wildman–Crippen LogP) is 0.369. The zero-order chi connectivity index (χ0) is 14.9. The number of amides is 1. The van der Waals surface area contributed by atoms with Crippen molar-refractivity contribution < 1.29 is 9.90 Å². The summed E-state index contributed by atoms with van der Waals surface area (Å²) < 4.78 is 2.02. The van der Waals surface area contributed by atoms with Crippen molar-refractivity contribution in [1.82, 2.24) is 19.4 Å². The van der Waals surface area contributed by atoms with Gasteiger partial charge in [0.2, 0.25) is 5.91 Å². The quantitative estimate of drug-likeness (QED) is 0.871. The van der Waals surface area contributed by atoms with Gasteiger partial charge in [0.1, 0.15) is 11.4 Å². The lowest BCUT2D eigenvalue weighted by molar-refractivity contribution is -0.148. The first kappa shape index (κ1) is 14.5. The molecule has 6 heteroatoms. The summed E-state index contributed by atoms with van der Waals surface area (Å²) in [4.78, 5) is 21.4. The van der Waals surface area contributed by atoms with Crippen molar-refractivity contribution in [3.8, 4) is 0 Å². The first-order valence-electron chi connectivity index (χ1n) is 7.79. The summed E-state index contributed by atoms with van der Waals surface area (Å²) in [5.41, 5.74) is -0.362.